The molecule has 0 radical (unpaired) electrons. The van der Waals surface area contributed by atoms with E-state index in [2.05, 4.69) is 6.07 Å². The number of nitriles is 1. The maximum atomic E-state index is 11.7. The number of halogens is 2. The highest BCUT2D eigenvalue weighted by Gasteiger charge is 2.39. The number of thioether (sulfide) groups is 1. The SMILES string of the molecule is CC(=O)C1SC(N)=C(C#N)C1c1ccc(Cl)c(Cl)c1. The minimum atomic E-state index is -0.383. The predicted octanol–water partition coefficient (Wildman–Crippen LogP) is 3.48. The van der Waals surface area contributed by atoms with Crippen molar-refractivity contribution < 1.29 is 4.79 Å². The second-order valence-electron chi connectivity index (χ2n) is 4.19. The number of Topliss-reactive ketones (excluding diaryl/α,β-unsaturated/α-hetero) is 1. The Morgan fingerprint density at radius 1 is 1.42 bits per heavy atom. The fourth-order valence-electron chi connectivity index (χ4n) is 2.06. The van der Waals surface area contributed by atoms with Gasteiger partial charge < -0.3 is 5.73 Å². The summed E-state index contributed by atoms with van der Waals surface area (Å²) in [7, 11) is 0. The molecular formula is C13H10Cl2N2OS. The van der Waals surface area contributed by atoms with Gasteiger partial charge in [-0.25, -0.2) is 0 Å². The third-order valence-corrected chi connectivity index (χ3v) is 5.03. The second kappa shape index (κ2) is 5.46. The summed E-state index contributed by atoms with van der Waals surface area (Å²) in [6.45, 7) is 1.50. The Hall–Kier alpha value is -1.15. The molecule has 0 spiro atoms. The molecule has 0 aromatic heterocycles. The van der Waals surface area contributed by atoms with Crippen LogP contribution in [-0.4, -0.2) is 11.0 Å². The van der Waals surface area contributed by atoms with Gasteiger partial charge in [-0.15, -0.1) is 0 Å². The predicted molar refractivity (Wildman–Crippen MR) is 78.1 cm³/mol. The normalized spacial score (nSPS) is 22.4. The number of carbonyl (C=O) groups is 1. The van der Waals surface area contributed by atoms with Crippen LogP contribution in [0, 0.1) is 11.3 Å². The Bertz CT molecular complexity index is 622. The molecule has 0 saturated carbocycles. The summed E-state index contributed by atoms with van der Waals surface area (Å²) in [5.74, 6) is -0.378. The van der Waals surface area contributed by atoms with E-state index >= 15 is 0 Å². The van der Waals surface area contributed by atoms with Gasteiger partial charge in [0.15, 0.2) is 0 Å². The smallest absolute Gasteiger partial charge is 0.144 e. The lowest BCUT2D eigenvalue weighted by Gasteiger charge is -2.17. The highest BCUT2D eigenvalue weighted by molar-refractivity contribution is 8.04. The number of ketones is 1. The van der Waals surface area contributed by atoms with E-state index in [0.29, 0.717) is 20.6 Å². The van der Waals surface area contributed by atoms with Crippen molar-refractivity contribution in [1.82, 2.24) is 0 Å². The molecule has 0 saturated heterocycles. The standard InChI is InChI=1S/C13H10Cl2N2OS/c1-6(18)12-11(8(5-16)13(17)19-12)7-2-3-9(14)10(15)4-7/h2-4,11-12H,17H2,1H3. The third kappa shape index (κ3) is 2.59. The van der Waals surface area contributed by atoms with Crippen LogP contribution >= 0.6 is 35.0 Å². The molecule has 6 heteroatoms. The summed E-state index contributed by atoms with van der Waals surface area (Å²) in [5.41, 5.74) is 7.02. The maximum absolute atomic E-state index is 11.7. The van der Waals surface area contributed by atoms with Gasteiger partial charge in [-0.1, -0.05) is 41.0 Å². The molecular weight excluding hydrogens is 303 g/mol. The van der Waals surface area contributed by atoms with Crippen molar-refractivity contribution in [1.29, 1.82) is 5.26 Å². The van der Waals surface area contributed by atoms with Crippen LogP contribution in [0.4, 0.5) is 0 Å². The summed E-state index contributed by atoms with van der Waals surface area (Å²) in [5, 5.41) is 10.1. The Balaban J connectivity index is 2.52. The Morgan fingerprint density at radius 3 is 2.63 bits per heavy atom. The number of nitrogens with two attached hydrogens (primary N) is 1. The van der Waals surface area contributed by atoms with E-state index in [1.54, 1.807) is 18.2 Å². The van der Waals surface area contributed by atoms with Gasteiger partial charge in [0, 0.05) is 5.92 Å². The molecule has 2 atom stereocenters. The van der Waals surface area contributed by atoms with Crippen LogP contribution in [0.1, 0.15) is 18.4 Å². The fourth-order valence-corrected chi connectivity index (χ4v) is 3.54. The number of benzene rings is 1. The number of hydrogen-bond acceptors (Lipinski definition) is 4. The highest BCUT2D eigenvalue weighted by Crippen LogP contribution is 2.46. The summed E-state index contributed by atoms with van der Waals surface area (Å²) >= 11 is 13.1. The zero-order valence-electron chi connectivity index (χ0n) is 9.98. The van der Waals surface area contributed by atoms with Gasteiger partial charge in [0.25, 0.3) is 0 Å². The zero-order chi connectivity index (χ0) is 14.2. The molecule has 1 aliphatic rings. The van der Waals surface area contributed by atoms with E-state index in [0.717, 1.165) is 5.56 Å². The van der Waals surface area contributed by atoms with Crippen LogP contribution in [0.15, 0.2) is 28.8 Å². The third-order valence-electron chi connectivity index (χ3n) is 2.96. The average Bonchev–Trinajstić information content (AvgIpc) is 2.69. The van der Waals surface area contributed by atoms with Gasteiger partial charge in [0.05, 0.1) is 32.0 Å². The van der Waals surface area contributed by atoms with E-state index < -0.39 is 0 Å². The van der Waals surface area contributed by atoms with E-state index in [9.17, 15) is 10.1 Å². The van der Waals surface area contributed by atoms with Crippen LogP contribution < -0.4 is 5.73 Å². The van der Waals surface area contributed by atoms with Crippen molar-refractivity contribution in [3.63, 3.8) is 0 Å². The van der Waals surface area contributed by atoms with Crippen molar-refractivity contribution in [3.8, 4) is 6.07 Å². The molecule has 2 rings (SSSR count). The molecule has 19 heavy (non-hydrogen) atoms. The van der Waals surface area contributed by atoms with Gasteiger partial charge in [0.1, 0.15) is 5.78 Å². The molecule has 0 fully saturated rings. The minimum Gasteiger partial charge on any atom is -0.393 e. The summed E-state index contributed by atoms with van der Waals surface area (Å²) in [4.78, 5) is 11.7. The Labute approximate surface area is 125 Å². The second-order valence-corrected chi connectivity index (χ2v) is 6.19. The van der Waals surface area contributed by atoms with Gasteiger partial charge >= 0.3 is 0 Å². The largest absolute Gasteiger partial charge is 0.393 e. The molecule has 1 aromatic carbocycles. The van der Waals surface area contributed by atoms with Gasteiger partial charge in [-0.2, -0.15) is 5.26 Å². The van der Waals surface area contributed by atoms with Crippen LogP contribution in [0.5, 0.6) is 0 Å². The topological polar surface area (TPSA) is 66.9 Å². The van der Waals surface area contributed by atoms with E-state index in [1.165, 1.54) is 18.7 Å². The number of hydrogen-bond donors (Lipinski definition) is 1. The molecule has 2 N–H and O–H groups in total. The first kappa shape index (κ1) is 14.3. The molecule has 1 aromatic rings. The molecule has 3 nitrogen and oxygen atoms in total. The number of rotatable bonds is 2. The van der Waals surface area contributed by atoms with Crippen LogP contribution in [0.3, 0.4) is 0 Å². The number of allylic oxidation sites excluding steroid dienone is 1. The lowest BCUT2D eigenvalue weighted by molar-refractivity contribution is -0.116. The van der Waals surface area contributed by atoms with Crippen molar-refractivity contribution in [2.75, 3.05) is 0 Å². The number of carbonyl (C=O) groups excluding carboxylic acids is 1. The van der Waals surface area contributed by atoms with Gasteiger partial charge in [-0.05, 0) is 24.6 Å². The van der Waals surface area contributed by atoms with E-state index in [4.69, 9.17) is 28.9 Å². The minimum absolute atomic E-state index is 0.0192. The van der Waals surface area contributed by atoms with E-state index in [1.807, 2.05) is 0 Å². The van der Waals surface area contributed by atoms with Crippen LogP contribution in [0.25, 0.3) is 0 Å². The highest BCUT2D eigenvalue weighted by atomic mass is 35.5. The molecule has 0 bridgehead atoms. The van der Waals surface area contributed by atoms with E-state index in [-0.39, 0.29) is 17.0 Å². The summed E-state index contributed by atoms with van der Waals surface area (Å²) < 4.78 is 0. The first-order chi connectivity index (χ1) is 8.95. The van der Waals surface area contributed by atoms with Crippen molar-refractivity contribution in [2.45, 2.75) is 18.1 Å². The average molecular weight is 313 g/mol. The lowest BCUT2D eigenvalue weighted by atomic mass is 9.88. The van der Waals surface area contributed by atoms with Gasteiger partial charge in [0.2, 0.25) is 0 Å². The van der Waals surface area contributed by atoms with Crippen molar-refractivity contribution >= 4 is 40.7 Å². The fraction of sp³-hybridized carbons (Fsp3) is 0.231. The van der Waals surface area contributed by atoms with Crippen LogP contribution in [-0.2, 0) is 4.79 Å². The molecule has 1 aliphatic heterocycles. The number of nitrogens with zero attached hydrogens (tertiary/aromatic N) is 1. The van der Waals surface area contributed by atoms with Crippen LogP contribution in [0.2, 0.25) is 10.0 Å². The molecule has 0 amide bonds. The quantitative estimate of drug-likeness (QED) is 0.908. The lowest BCUT2D eigenvalue weighted by Crippen LogP contribution is -2.20. The Morgan fingerprint density at radius 2 is 2.11 bits per heavy atom. The first-order valence-electron chi connectivity index (χ1n) is 5.47. The summed E-state index contributed by atoms with van der Waals surface area (Å²) in [6.07, 6.45) is 0. The monoisotopic (exact) mass is 312 g/mol. The molecule has 98 valence electrons. The zero-order valence-corrected chi connectivity index (χ0v) is 12.3. The van der Waals surface area contributed by atoms with Crippen molar-refractivity contribution in [3.05, 3.63) is 44.4 Å². The Kier molecular flexibility index (Phi) is 4.10. The van der Waals surface area contributed by atoms with Gasteiger partial charge in [-0.3, -0.25) is 4.79 Å². The molecule has 2 unspecified atom stereocenters. The first-order valence-corrected chi connectivity index (χ1v) is 7.11. The summed E-state index contributed by atoms with van der Waals surface area (Å²) in [6, 6.07) is 7.19. The maximum Gasteiger partial charge on any atom is 0.144 e. The molecule has 0 aliphatic carbocycles. The molecule has 1 heterocycles. The van der Waals surface area contributed by atoms with Crippen molar-refractivity contribution in [2.24, 2.45) is 5.73 Å².